The van der Waals surface area contributed by atoms with Gasteiger partial charge in [0.1, 0.15) is 11.9 Å². The van der Waals surface area contributed by atoms with Gasteiger partial charge in [-0.15, -0.1) is 0 Å². The number of alkyl halides is 1. The highest BCUT2D eigenvalue weighted by molar-refractivity contribution is 7.33. The Morgan fingerprint density at radius 1 is 1.31 bits per heavy atom. The fraction of sp³-hybridized carbons (Fsp3) is 0.421. The summed E-state index contributed by atoms with van der Waals surface area (Å²) in [6, 6.07) is 8.52. The maximum absolute atomic E-state index is 13.7. The Hall–Kier alpha value is -2.79. The van der Waals surface area contributed by atoms with Crippen molar-refractivity contribution in [3.63, 3.8) is 0 Å². The van der Waals surface area contributed by atoms with Crippen LogP contribution in [0.3, 0.4) is 0 Å². The van der Waals surface area contributed by atoms with E-state index < -0.39 is 39.3 Å². The van der Waals surface area contributed by atoms with Gasteiger partial charge in [-0.2, -0.15) is 9.97 Å². The van der Waals surface area contributed by atoms with Gasteiger partial charge in [0.15, 0.2) is 17.4 Å². The Bertz CT molecular complexity index is 1090. The molecule has 32 heavy (non-hydrogen) atoms. The standard InChI is InChI=1S/C19H23FN5O6P/c1-2-28-17-14-16(23-19(21)24-17)25(10-22-14)18-15(26)12(8-20)13(30-18)9-29-32(27)31-11-6-4-3-5-7-11/h3-7,10,12-13,15,18,26,32H,2,8-9H2,1H3,(H2,21,23,24)/t12-,13-,15-,18-/m1/s1. The zero-order valence-electron chi connectivity index (χ0n) is 17.1. The maximum Gasteiger partial charge on any atom is 0.367 e. The molecule has 1 unspecified atom stereocenters. The van der Waals surface area contributed by atoms with E-state index in [0.717, 1.165) is 0 Å². The third-order valence-electron chi connectivity index (χ3n) is 4.97. The highest BCUT2D eigenvalue weighted by Gasteiger charge is 2.45. The molecule has 0 bridgehead atoms. The zero-order chi connectivity index (χ0) is 22.7. The number of hydrogen-bond donors (Lipinski definition) is 2. The number of nitrogens with two attached hydrogens (primary N) is 1. The van der Waals surface area contributed by atoms with Gasteiger partial charge in [0, 0.05) is 5.92 Å². The van der Waals surface area contributed by atoms with Crippen LogP contribution in [0.4, 0.5) is 10.3 Å². The Morgan fingerprint density at radius 2 is 2.09 bits per heavy atom. The molecule has 13 heteroatoms. The molecule has 1 fully saturated rings. The van der Waals surface area contributed by atoms with Crippen LogP contribution in [0.5, 0.6) is 11.6 Å². The summed E-state index contributed by atoms with van der Waals surface area (Å²) in [5.41, 5.74) is 6.37. The number of aliphatic hydroxyl groups excluding tert-OH is 1. The van der Waals surface area contributed by atoms with E-state index in [1.165, 1.54) is 10.9 Å². The quantitative estimate of drug-likeness (QED) is 0.449. The van der Waals surface area contributed by atoms with Crippen molar-refractivity contribution < 1.29 is 32.6 Å². The monoisotopic (exact) mass is 467 g/mol. The van der Waals surface area contributed by atoms with Crippen molar-refractivity contribution in [1.82, 2.24) is 19.5 Å². The lowest BCUT2D eigenvalue weighted by Crippen LogP contribution is -2.30. The molecule has 2 aromatic heterocycles. The van der Waals surface area contributed by atoms with Gasteiger partial charge >= 0.3 is 8.25 Å². The van der Waals surface area contributed by atoms with Crippen LogP contribution in [-0.4, -0.2) is 56.7 Å². The molecule has 0 aliphatic carbocycles. The molecular formula is C19H23FN5O6P. The highest BCUT2D eigenvalue weighted by atomic mass is 31.1. The molecule has 5 atom stereocenters. The van der Waals surface area contributed by atoms with Crippen LogP contribution in [-0.2, 0) is 13.8 Å². The second-order valence-corrected chi connectivity index (χ2v) is 7.99. The molecule has 1 aromatic carbocycles. The van der Waals surface area contributed by atoms with Crippen molar-refractivity contribution in [1.29, 1.82) is 0 Å². The SMILES string of the molecule is CCOc1nc(N)nc2c1ncn2[C@@H]1O[C@H](CO[PH](=O)Oc2ccccc2)[C@@H](CF)[C@H]1O. The van der Waals surface area contributed by atoms with Gasteiger partial charge in [-0.3, -0.25) is 13.5 Å². The lowest BCUT2D eigenvalue weighted by Gasteiger charge is -2.17. The van der Waals surface area contributed by atoms with Crippen molar-refractivity contribution in [3.8, 4) is 11.6 Å². The van der Waals surface area contributed by atoms with E-state index in [1.807, 2.05) is 0 Å². The van der Waals surface area contributed by atoms with E-state index in [2.05, 4.69) is 15.0 Å². The maximum atomic E-state index is 13.7. The number of para-hydroxylation sites is 1. The zero-order valence-corrected chi connectivity index (χ0v) is 18.1. The molecule has 0 saturated carbocycles. The second-order valence-electron chi connectivity index (χ2n) is 6.99. The molecule has 1 aliphatic rings. The first-order valence-corrected chi connectivity index (χ1v) is 11.2. The van der Waals surface area contributed by atoms with E-state index in [1.54, 1.807) is 37.3 Å². The number of nitrogen functional groups attached to an aromatic ring is 1. The largest absolute Gasteiger partial charge is 0.476 e. The Labute approximate surface area is 183 Å². The molecule has 3 heterocycles. The van der Waals surface area contributed by atoms with Crippen LogP contribution in [0.2, 0.25) is 0 Å². The summed E-state index contributed by atoms with van der Waals surface area (Å²) < 4.78 is 49.1. The third kappa shape index (κ3) is 4.53. The fourth-order valence-corrected chi connectivity index (χ4v) is 4.16. The van der Waals surface area contributed by atoms with Crippen molar-refractivity contribution in [3.05, 3.63) is 36.7 Å². The Balaban J connectivity index is 1.50. The number of aliphatic hydroxyl groups is 1. The summed E-state index contributed by atoms with van der Waals surface area (Å²) in [4.78, 5) is 12.4. The van der Waals surface area contributed by atoms with Crippen LogP contribution in [0.25, 0.3) is 11.2 Å². The topological polar surface area (TPSA) is 144 Å². The number of rotatable bonds is 9. The highest BCUT2D eigenvalue weighted by Crippen LogP contribution is 2.38. The Morgan fingerprint density at radius 3 is 2.81 bits per heavy atom. The molecule has 0 spiro atoms. The molecular weight excluding hydrogens is 444 g/mol. The molecule has 172 valence electrons. The first kappa shape index (κ1) is 22.4. The fourth-order valence-electron chi connectivity index (χ4n) is 3.47. The Kier molecular flexibility index (Phi) is 6.85. The van der Waals surface area contributed by atoms with Gasteiger partial charge in [0.2, 0.25) is 11.8 Å². The van der Waals surface area contributed by atoms with Crippen molar-refractivity contribution in [2.75, 3.05) is 25.6 Å². The van der Waals surface area contributed by atoms with Crippen LogP contribution in [0, 0.1) is 5.92 Å². The molecule has 0 radical (unpaired) electrons. The van der Waals surface area contributed by atoms with E-state index in [4.69, 9.17) is 24.3 Å². The van der Waals surface area contributed by atoms with Gasteiger partial charge < -0.3 is 24.8 Å². The van der Waals surface area contributed by atoms with Gasteiger partial charge in [0.25, 0.3) is 0 Å². The summed E-state index contributed by atoms with van der Waals surface area (Å²) >= 11 is 0. The number of benzene rings is 1. The number of anilines is 1. The van der Waals surface area contributed by atoms with Crippen LogP contribution < -0.4 is 15.0 Å². The minimum atomic E-state index is -2.91. The summed E-state index contributed by atoms with van der Waals surface area (Å²) in [6.07, 6.45) is -1.75. The van der Waals surface area contributed by atoms with Crippen molar-refractivity contribution >= 4 is 25.4 Å². The van der Waals surface area contributed by atoms with Crippen molar-refractivity contribution in [2.45, 2.75) is 25.4 Å². The number of fused-ring (bicyclic) bond motifs is 1. The molecule has 1 aliphatic heterocycles. The first-order chi connectivity index (χ1) is 15.5. The van der Waals surface area contributed by atoms with Crippen LogP contribution in [0.1, 0.15) is 13.2 Å². The van der Waals surface area contributed by atoms with E-state index in [9.17, 15) is 14.1 Å². The average molecular weight is 467 g/mol. The van der Waals surface area contributed by atoms with Crippen LogP contribution in [0.15, 0.2) is 36.7 Å². The summed E-state index contributed by atoms with van der Waals surface area (Å²) in [5, 5.41) is 10.7. The van der Waals surface area contributed by atoms with Crippen molar-refractivity contribution in [2.24, 2.45) is 5.92 Å². The third-order valence-corrected chi connectivity index (χ3v) is 5.78. The van der Waals surface area contributed by atoms with E-state index >= 15 is 0 Å². The number of aromatic nitrogens is 4. The van der Waals surface area contributed by atoms with Crippen LogP contribution >= 0.6 is 8.25 Å². The second kappa shape index (κ2) is 9.78. The van der Waals surface area contributed by atoms with Gasteiger partial charge in [-0.1, -0.05) is 18.2 Å². The number of hydrogen-bond acceptors (Lipinski definition) is 10. The summed E-state index contributed by atoms with van der Waals surface area (Å²) in [7, 11) is -2.91. The smallest absolute Gasteiger partial charge is 0.367 e. The molecule has 0 amide bonds. The first-order valence-electron chi connectivity index (χ1n) is 9.93. The van der Waals surface area contributed by atoms with E-state index in [0.29, 0.717) is 17.9 Å². The average Bonchev–Trinajstić information content (AvgIpc) is 3.33. The van der Waals surface area contributed by atoms with E-state index in [-0.39, 0.29) is 24.1 Å². The molecule has 11 nitrogen and oxygen atoms in total. The molecule has 3 N–H and O–H groups in total. The predicted molar refractivity (Wildman–Crippen MR) is 112 cm³/mol. The predicted octanol–water partition coefficient (Wildman–Crippen LogP) is 2.14. The van der Waals surface area contributed by atoms with Gasteiger partial charge in [0.05, 0.1) is 32.3 Å². The van der Waals surface area contributed by atoms with Gasteiger partial charge in [-0.25, -0.2) is 9.55 Å². The number of imidazole rings is 1. The molecule has 4 rings (SSSR count). The molecule has 3 aromatic rings. The minimum absolute atomic E-state index is 0.0474. The summed E-state index contributed by atoms with van der Waals surface area (Å²) in [5.74, 6) is -0.390. The lowest BCUT2D eigenvalue weighted by atomic mass is 10.00. The minimum Gasteiger partial charge on any atom is -0.476 e. The normalized spacial score (nSPS) is 24.0. The number of halogens is 1. The number of ether oxygens (including phenoxy) is 2. The lowest BCUT2D eigenvalue weighted by molar-refractivity contribution is -0.0463. The van der Waals surface area contributed by atoms with Gasteiger partial charge in [-0.05, 0) is 19.1 Å². The molecule has 1 saturated heterocycles. The number of nitrogens with zero attached hydrogens (tertiary/aromatic N) is 4. The summed E-state index contributed by atoms with van der Waals surface area (Å²) in [6.45, 7) is 1.02.